The highest BCUT2D eigenvalue weighted by Crippen LogP contribution is 2.26. The first kappa shape index (κ1) is 15.3. The molecule has 1 unspecified atom stereocenters. The molecule has 0 radical (unpaired) electrons. The van der Waals surface area contributed by atoms with Crippen LogP contribution in [0, 0.1) is 13.8 Å². The van der Waals surface area contributed by atoms with E-state index in [-0.39, 0.29) is 0 Å². The summed E-state index contributed by atoms with van der Waals surface area (Å²) in [4.78, 5) is 0. The molecule has 0 aliphatic carbocycles. The molecule has 1 atom stereocenters. The summed E-state index contributed by atoms with van der Waals surface area (Å²) in [7, 11) is 1.70. The van der Waals surface area contributed by atoms with E-state index in [9.17, 15) is 0 Å². The molecule has 0 saturated heterocycles. The Balaban J connectivity index is 2.40. The predicted molar refractivity (Wildman–Crippen MR) is 75.8 cm³/mol. The fourth-order valence-corrected chi connectivity index (χ4v) is 2.22. The van der Waals surface area contributed by atoms with E-state index in [1.165, 1.54) is 0 Å². The number of methoxy groups -OCH3 is 1. The minimum absolute atomic E-state index is 0.339. The van der Waals surface area contributed by atoms with Gasteiger partial charge in [0.15, 0.2) is 0 Å². The van der Waals surface area contributed by atoms with Crippen LogP contribution in [0.1, 0.15) is 18.1 Å². The van der Waals surface area contributed by atoms with Crippen LogP contribution >= 0.6 is 11.6 Å². The maximum atomic E-state index is 5.98. The molecule has 1 aromatic rings. The summed E-state index contributed by atoms with van der Waals surface area (Å²) in [6.45, 7) is 8.25. The summed E-state index contributed by atoms with van der Waals surface area (Å²) in [5, 5.41) is 4.08. The molecule has 0 fully saturated rings. The SMILES string of the molecule is COCC(C)NCCOc1c(C)cc(Cl)cc1C. The molecule has 0 heterocycles. The molecule has 0 saturated carbocycles. The zero-order valence-electron chi connectivity index (χ0n) is 11.5. The number of rotatable bonds is 7. The van der Waals surface area contributed by atoms with Crippen molar-refractivity contribution >= 4 is 11.6 Å². The second-order valence-electron chi connectivity index (χ2n) is 4.53. The highest BCUT2D eigenvalue weighted by molar-refractivity contribution is 6.30. The van der Waals surface area contributed by atoms with E-state index in [0.29, 0.717) is 19.3 Å². The van der Waals surface area contributed by atoms with Crippen molar-refractivity contribution in [3.8, 4) is 5.75 Å². The number of benzene rings is 1. The molecule has 1 aromatic carbocycles. The van der Waals surface area contributed by atoms with Gasteiger partial charge in [0, 0.05) is 24.7 Å². The van der Waals surface area contributed by atoms with Crippen molar-refractivity contribution < 1.29 is 9.47 Å². The summed E-state index contributed by atoms with van der Waals surface area (Å²) in [5.41, 5.74) is 2.15. The van der Waals surface area contributed by atoms with E-state index in [2.05, 4.69) is 12.2 Å². The van der Waals surface area contributed by atoms with Gasteiger partial charge in [-0.25, -0.2) is 0 Å². The molecule has 102 valence electrons. The van der Waals surface area contributed by atoms with Crippen LogP contribution in [0.2, 0.25) is 5.02 Å². The van der Waals surface area contributed by atoms with Crippen LogP contribution in [0.5, 0.6) is 5.75 Å². The van der Waals surface area contributed by atoms with E-state index in [0.717, 1.165) is 28.4 Å². The first-order valence-electron chi connectivity index (χ1n) is 6.16. The molecule has 0 aliphatic rings. The fraction of sp³-hybridized carbons (Fsp3) is 0.571. The minimum Gasteiger partial charge on any atom is -0.492 e. The van der Waals surface area contributed by atoms with Gasteiger partial charge in [-0.3, -0.25) is 0 Å². The molecule has 1 rings (SSSR count). The average molecular weight is 272 g/mol. The molecule has 0 spiro atoms. The Kier molecular flexibility index (Phi) is 6.47. The average Bonchev–Trinajstić information content (AvgIpc) is 2.27. The van der Waals surface area contributed by atoms with Crippen molar-refractivity contribution in [1.82, 2.24) is 5.32 Å². The number of halogens is 1. The topological polar surface area (TPSA) is 30.5 Å². The van der Waals surface area contributed by atoms with E-state index >= 15 is 0 Å². The monoisotopic (exact) mass is 271 g/mol. The summed E-state index contributed by atoms with van der Waals surface area (Å²) >= 11 is 5.98. The molecular formula is C14H22ClNO2. The number of aryl methyl sites for hydroxylation is 2. The van der Waals surface area contributed by atoms with Gasteiger partial charge in [-0.2, -0.15) is 0 Å². The van der Waals surface area contributed by atoms with E-state index < -0.39 is 0 Å². The lowest BCUT2D eigenvalue weighted by Gasteiger charge is -2.15. The first-order valence-corrected chi connectivity index (χ1v) is 6.54. The van der Waals surface area contributed by atoms with Gasteiger partial charge in [0.25, 0.3) is 0 Å². The Bertz CT molecular complexity index is 359. The largest absolute Gasteiger partial charge is 0.492 e. The van der Waals surface area contributed by atoms with Gasteiger partial charge < -0.3 is 14.8 Å². The Labute approximate surface area is 114 Å². The smallest absolute Gasteiger partial charge is 0.125 e. The van der Waals surface area contributed by atoms with Crippen molar-refractivity contribution in [3.63, 3.8) is 0 Å². The zero-order valence-corrected chi connectivity index (χ0v) is 12.3. The van der Waals surface area contributed by atoms with Gasteiger partial charge in [0.2, 0.25) is 0 Å². The lowest BCUT2D eigenvalue weighted by Crippen LogP contribution is -2.33. The Morgan fingerprint density at radius 3 is 2.44 bits per heavy atom. The predicted octanol–water partition coefficient (Wildman–Crippen LogP) is 2.96. The molecule has 3 nitrogen and oxygen atoms in total. The van der Waals surface area contributed by atoms with E-state index in [4.69, 9.17) is 21.1 Å². The van der Waals surface area contributed by atoms with Gasteiger partial charge >= 0.3 is 0 Å². The normalized spacial score (nSPS) is 12.5. The van der Waals surface area contributed by atoms with Crippen molar-refractivity contribution in [2.24, 2.45) is 0 Å². The Morgan fingerprint density at radius 1 is 1.28 bits per heavy atom. The van der Waals surface area contributed by atoms with Gasteiger partial charge in [-0.1, -0.05) is 11.6 Å². The highest BCUT2D eigenvalue weighted by atomic mass is 35.5. The van der Waals surface area contributed by atoms with Crippen LogP contribution in [0.3, 0.4) is 0 Å². The maximum Gasteiger partial charge on any atom is 0.125 e. The second-order valence-corrected chi connectivity index (χ2v) is 4.96. The number of ether oxygens (including phenoxy) is 2. The molecule has 0 aromatic heterocycles. The lowest BCUT2D eigenvalue weighted by molar-refractivity contribution is 0.169. The van der Waals surface area contributed by atoms with Gasteiger partial charge in [0.05, 0.1) is 6.61 Å². The van der Waals surface area contributed by atoms with Crippen molar-refractivity contribution in [2.45, 2.75) is 26.8 Å². The Hall–Kier alpha value is -0.770. The molecule has 0 amide bonds. The quantitative estimate of drug-likeness (QED) is 0.774. The van der Waals surface area contributed by atoms with Crippen molar-refractivity contribution in [2.75, 3.05) is 26.9 Å². The van der Waals surface area contributed by atoms with Gasteiger partial charge in [-0.15, -0.1) is 0 Å². The van der Waals surface area contributed by atoms with Crippen LogP contribution in [-0.2, 0) is 4.74 Å². The lowest BCUT2D eigenvalue weighted by atomic mass is 10.1. The zero-order chi connectivity index (χ0) is 13.5. The van der Waals surface area contributed by atoms with Crippen LogP contribution in [-0.4, -0.2) is 32.9 Å². The van der Waals surface area contributed by atoms with Gasteiger partial charge in [0.1, 0.15) is 12.4 Å². The van der Waals surface area contributed by atoms with Gasteiger partial charge in [-0.05, 0) is 44.0 Å². The number of hydrogen-bond donors (Lipinski definition) is 1. The van der Waals surface area contributed by atoms with Crippen LogP contribution in [0.25, 0.3) is 0 Å². The standard InChI is InChI=1S/C14H22ClNO2/c1-10-7-13(15)8-11(2)14(10)18-6-5-16-12(3)9-17-4/h7-8,12,16H,5-6,9H2,1-4H3. The van der Waals surface area contributed by atoms with Crippen LogP contribution < -0.4 is 10.1 Å². The summed E-state index contributed by atoms with van der Waals surface area (Å²) < 4.78 is 10.8. The van der Waals surface area contributed by atoms with E-state index in [1.54, 1.807) is 7.11 Å². The number of hydrogen-bond acceptors (Lipinski definition) is 3. The first-order chi connectivity index (χ1) is 8.54. The van der Waals surface area contributed by atoms with Crippen LogP contribution in [0.4, 0.5) is 0 Å². The van der Waals surface area contributed by atoms with Crippen molar-refractivity contribution in [3.05, 3.63) is 28.3 Å². The van der Waals surface area contributed by atoms with Crippen molar-refractivity contribution in [1.29, 1.82) is 0 Å². The number of nitrogens with one attached hydrogen (secondary N) is 1. The fourth-order valence-electron chi connectivity index (χ4n) is 1.89. The highest BCUT2D eigenvalue weighted by Gasteiger charge is 2.06. The third kappa shape index (κ3) is 4.84. The van der Waals surface area contributed by atoms with E-state index in [1.807, 2.05) is 26.0 Å². The Morgan fingerprint density at radius 2 is 1.89 bits per heavy atom. The molecular weight excluding hydrogens is 250 g/mol. The molecule has 4 heteroatoms. The molecule has 0 aliphatic heterocycles. The minimum atomic E-state index is 0.339. The maximum absolute atomic E-state index is 5.98. The van der Waals surface area contributed by atoms with Crippen LogP contribution in [0.15, 0.2) is 12.1 Å². The second kappa shape index (κ2) is 7.62. The summed E-state index contributed by atoms with van der Waals surface area (Å²) in [6.07, 6.45) is 0. The summed E-state index contributed by atoms with van der Waals surface area (Å²) in [5.74, 6) is 0.931. The summed E-state index contributed by atoms with van der Waals surface area (Å²) in [6, 6.07) is 4.18. The third-order valence-electron chi connectivity index (χ3n) is 2.68. The molecule has 18 heavy (non-hydrogen) atoms. The molecule has 1 N–H and O–H groups in total. The molecule has 0 bridgehead atoms. The third-order valence-corrected chi connectivity index (χ3v) is 2.90.